The summed E-state index contributed by atoms with van der Waals surface area (Å²) in [6, 6.07) is 0.448. The molecule has 0 aromatic rings. The fraction of sp³-hybridized carbons (Fsp3) is 1.00. The molecule has 1 heterocycles. The van der Waals surface area contributed by atoms with Crippen LogP contribution in [-0.4, -0.2) is 47.4 Å². The van der Waals surface area contributed by atoms with Gasteiger partial charge in [-0.3, -0.25) is 4.90 Å². The third-order valence-corrected chi connectivity index (χ3v) is 2.75. The Balaban J connectivity index is 2.42. The first-order valence-corrected chi connectivity index (χ1v) is 5.56. The number of rotatable bonds is 3. The van der Waals surface area contributed by atoms with Crippen molar-refractivity contribution >= 4 is 0 Å². The van der Waals surface area contributed by atoms with Crippen LogP contribution in [0.3, 0.4) is 0 Å². The minimum Gasteiger partial charge on any atom is -0.393 e. The highest BCUT2D eigenvalue weighted by Gasteiger charge is 2.25. The van der Waals surface area contributed by atoms with Crippen molar-refractivity contribution in [1.82, 2.24) is 4.90 Å². The van der Waals surface area contributed by atoms with Gasteiger partial charge in [0.05, 0.1) is 18.3 Å². The Labute approximate surface area is 87.1 Å². The second kappa shape index (κ2) is 5.10. The zero-order valence-electron chi connectivity index (χ0n) is 9.73. The van der Waals surface area contributed by atoms with Crippen LogP contribution >= 0.6 is 0 Å². The Bertz CT molecular complexity index is 163. The van der Waals surface area contributed by atoms with Gasteiger partial charge in [0, 0.05) is 19.1 Å². The van der Waals surface area contributed by atoms with Crippen LogP contribution in [0.4, 0.5) is 0 Å². The molecule has 1 aliphatic rings. The molecular formula is C11H23NO2. The molecular weight excluding hydrogens is 178 g/mol. The maximum Gasteiger partial charge on any atom is 0.0678 e. The Morgan fingerprint density at radius 2 is 1.79 bits per heavy atom. The van der Waals surface area contributed by atoms with Crippen molar-refractivity contribution in [2.75, 3.05) is 13.1 Å². The summed E-state index contributed by atoms with van der Waals surface area (Å²) < 4.78 is 5.67. The highest BCUT2D eigenvalue weighted by molar-refractivity contribution is 4.78. The Hall–Kier alpha value is -0.120. The summed E-state index contributed by atoms with van der Waals surface area (Å²) in [4.78, 5) is 2.41. The summed E-state index contributed by atoms with van der Waals surface area (Å²) in [5.41, 5.74) is 0. The lowest BCUT2D eigenvalue weighted by Gasteiger charge is -2.39. The molecule has 4 unspecified atom stereocenters. The van der Waals surface area contributed by atoms with Crippen molar-refractivity contribution in [3.8, 4) is 0 Å². The predicted molar refractivity (Wildman–Crippen MR) is 57.3 cm³/mol. The number of morpholine rings is 1. The molecule has 84 valence electrons. The summed E-state index contributed by atoms with van der Waals surface area (Å²) in [7, 11) is 0. The van der Waals surface area contributed by atoms with Crippen molar-refractivity contribution in [3.63, 3.8) is 0 Å². The van der Waals surface area contributed by atoms with Gasteiger partial charge in [-0.2, -0.15) is 0 Å². The lowest BCUT2D eigenvalue weighted by Crippen LogP contribution is -2.49. The molecule has 1 aliphatic heterocycles. The van der Waals surface area contributed by atoms with E-state index >= 15 is 0 Å². The van der Waals surface area contributed by atoms with Gasteiger partial charge in [-0.15, -0.1) is 0 Å². The van der Waals surface area contributed by atoms with Crippen molar-refractivity contribution in [2.24, 2.45) is 0 Å². The largest absolute Gasteiger partial charge is 0.393 e. The Kier molecular flexibility index (Phi) is 4.35. The van der Waals surface area contributed by atoms with Gasteiger partial charge in [-0.1, -0.05) is 0 Å². The molecule has 1 rings (SSSR count). The van der Waals surface area contributed by atoms with E-state index in [0.29, 0.717) is 18.2 Å². The molecule has 0 spiro atoms. The third-order valence-electron chi connectivity index (χ3n) is 2.75. The van der Waals surface area contributed by atoms with Crippen LogP contribution in [0, 0.1) is 0 Å². The van der Waals surface area contributed by atoms with E-state index in [1.165, 1.54) is 0 Å². The monoisotopic (exact) mass is 201 g/mol. The average molecular weight is 201 g/mol. The number of nitrogens with zero attached hydrogens (tertiary/aromatic N) is 1. The number of ether oxygens (including phenoxy) is 1. The summed E-state index contributed by atoms with van der Waals surface area (Å²) in [6.07, 6.45) is 1.27. The minimum absolute atomic E-state index is 0.210. The van der Waals surface area contributed by atoms with Gasteiger partial charge in [0.15, 0.2) is 0 Å². The molecule has 3 heteroatoms. The van der Waals surface area contributed by atoms with Crippen LogP contribution in [0.25, 0.3) is 0 Å². The van der Waals surface area contributed by atoms with E-state index in [-0.39, 0.29) is 6.10 Å². The van der Waals surface area contributed by atoms with Gasteiger partial charge < -0.3 is 9.84 Å². The average Bonchev–Trinajstić information content (AvgIpc) is 2.00. The zero-order valence-corrected chi connectivity index (χ0v) is 9.73. The van der Waals surface area contributed by atoms with Crippen LogP contribution in [-0.2, 0) is 4.74 Å². The van der Waals surface area contributed by atoms with Crippen LogP contribution in [0.5, 0.6) is 0 Å². The first-order chi connectivity index (χ1) is 6.49. The van der Waals surface area contributed by atoms with Crippen molar-refractivity contribution < 1.29 is 9.84 Å². The SMILES string of the molecule is CC(O)CC(C)N1CC(C)OC(C)C1. The normalized spacial score (nSPS) is 34.1. The van der Waals surface area contributed by atoms with Crippen LogP contribution < -0.4 is 0 Å². The van der Waals surface area contributed by atoms with Gasteiger partial charge in [-0.25, -0.2) is 0 Å². The van der Waals surface area contributed by atoms with E-state index in [1.54, 1.807) is 0 Å². The van der Waals surface area contributed by atoms with Crippen LogP contribution in [0.2, 0.25) is 0 Å². The molecule has 0 radical (unpaired) electrons. The first kappa shape index (κ1) is 12.0. The topological polar surface area (TPSA) is 32.7 Å². The van der Waals surface area contributed by atoms with Gasteiger partial charge in [-0.05, 0) is 34.1 Å². The van der Waals surface area contributed by atoms with E-state index in [2.05, 4.69) is 25.7 Å². The van der Waals surface area contributed by atoms with Crippen LogP contribution in [0.15, 0.2) is 0 Å². The summed E-state index contributed by atoms with van der Waals surface area (Å²) in [5, 5.41) is 9.33. The first-order valence-electron chi connectivity index (χ1n) is 5.56. The highest BCUT2D eigenvalue weighted by atomic mass is 16.5. The second-order valence-electron chi connectivity index (χ2n) is 4.64. The number of aliphatic hydroxyl groups is 1. The minimum atomic E-state index is -0.210. The molecule has 0 aliphatic carbocycles. The molecule has 0 aromatic heterocycles. The maximum atomic E-state index is 9.33. The van der Waals surface area contributed by atoms with E-state index in [0.717, 1.165) is 19.5 Å². The molecule has 4 atom stereocenters. The molecule has 0 aromatic carbocycles. The lowest BCUT2D eigenvalue weighted by molar-refractivity contribution is -0.0820. The third kappa shape index (κ3) is 3.56. The summed E-state index contributed by atoms with van der Waals surface area (Å²) in [6.45, 7) is 10.2. The van der Waals surface area contributed by atoms with E-state index < -0.39 is 0 Å². The molecule has 0 saturated carbocycles. The fourth-order valence-corrected chi connectivity index (χ4v) is 2.22. The van der Waals surface area contributed by atoms with Gasteiger partial charge >= 0.3 is 0 Å². The maximum absolute atomic E-state index is 9.33. The smallest absolute Gasteiger partial charge is 0.0678 e. The van der Waals surface area contributed by atoms with Gasteiger partial charge in [0.2, 0.25) is 0 Å². The van der Waals surface area contributed by atoms with E-state index in [1.807, 2.05) is 6.92 Å². The molecule has 1 N–H and O–H groups in total. The number of aliphatic hydroxyl groups excluding tert-OH is 1. The molecule has 1 fully saturated rings. The van der Waals surface area contributed by atoms with Crippen LogP contribution in [0.1, 0.15) is 34.1 Å². The highest BCUT2D eigenvalue weighted by Crippen LogP contribution is 2.15. The Morgan fingerprint density at radius 3 is 2.21 bits per heavy atom. The van der Waals surface area contributed by atoms with Crippen molar-refractivity contribution in [2.45, 2.75) is 58.5 Å². The van der Waals surface area contributed by atoms with Gasteiger partial charge in [0.1, 0.15) is 0 Å². The summed E-state index contributed by atoms with van der Waals surface area (Å²) >= 11 is 0. The number of hydrogen-bond acceptors (Lipinski definition) is 3. The quantitative estimate of drug-likeness (QED) is 0.746. The standard InChI is InChI=1S/C11H23NO2/c1-8(5-9(2)13)12-6-10(3)14-11(4)7-12/h8-11,13H,5-7H2,1-4H3. The van der Waals surface area contributed by atoms with E-state index in [4.69, 9.17) is 4.74 Å². The molecule has 0 amide bonds. The summed E-state index contributed by atoms with van der Waals surface area (Å²) in [5.74, 6) is 0. The Morgan fingerprint density at radius 1 is 1.29 bits per heavy atom. The molecule has 3 nitrogen and oxygen atoms in total. The molecule has 14 heavy (non-hydrogen) atoms. The van der Waals surface area contributed by atoms with Gasteiger partial charge in [0.25, 0.3) is 0 Å². The lowest BCUT2D eigenvalue weighted by atomic mass is 10.1. The molecule has 1 saturated heterocycles. The van der Waals surface area contributed by atoms with E-state index in [9.17, 15) is 5.11 Å². The zero-order chi connectivity index (χ0) is 10.7. The molecule has 0 bridgehead atoms. The number of hydrogen-bond donors (Lipinski definition) is 1. The van der Waals surface area contributed by atoms with Crippen molar-refractivity contribution in [1.29, 1.82) is 0 Å². The van der Waals surface area contributed by atoms with Crippen molar-refractivity contribution in [3.05, 3.63) is 0 Å². The second-order valence-corrected chi connectivity index (χ2v) is 4.64. The predicted octanol–water partition coefficient (Wildman–Crippen LogP) is 1.26. The fourth-order valence-electron chi connectivity index (χ4n) is 2.22.